The molecule has 0 bridgehead atoms. The van der Waals surface area contributed by atoms with E-state index in [-0.39, 0.29) is 29.8 Å². The number of carbonyl (C=O) groups is 2. The molecule has 2 heterocycles. The summed E-state index contributed by atoms with van der Waals surface area (Å²) in [5, 5.41) is 10.5. The van der Waals surface area contributed by atoms with Crippen LogP contribution in [0.4, 0.5) is 4.79 Å². The van der Waals surface area contributed by atoms with Crippen LogP contribution in [0.1, 0.15) is 51.0 Å². The maximum Gasteiger partial charge on any atom is 0.410 e. The lowest BCUT2D eigenvalue weighted by Gasteiger charge is -2.28. The Balaban J connectivity index is 1.98. The SMILES string of the molecule is C#CC(C)NC(=O)c1cn(CC2CCCN2C(=O)OC(C)(C)C)nn1. The van der Waals surface area contributed by atoms with Crippen molar-refractivity contribution in [2.45, 2.75) is 64.8 Å². The molecule has 2 atom stereocenters. The molecular formula is C17H25N5O3. The average Bonchev–Trinajstić information content (AvgIpc) is 3.15. The number of rotatable bonds is 4. The lowest BCUT2D eigenvalue weighted by molar-refractivity contribution is 0.0211. The number of nitrogens with one attached hydrogen (secondary N) is 1. The summed E-state index contributed by atoms with van der Waals surface area (Å²) in [5.41, 5.74) is -0.333. The monoisotopic (exact) mass is 347 g/mol. The van der Waals surface area contributed by atoms with Crippen LogP contribution < -0.4 is 5.32 Å². The zero-order chi connectivity index (χ0) is 18.6. The summed E-state index contributed by atoms with van der Waals surface area (Å²) in [6, 6.07) is -0.410. The molecule has 1 aliphatic rings. The Kier molecular flexibility index (Phi) is 5.67. The molecule has 25 heavy (non-hydrogen) atoms. The van der Waals surface area contributed by atoms with Crippen molar-refractivity contribution in [3.8, 4) is 12.3 Å². The fraction of sp³-hybridized carbons (Fsp3) is 0.647. The number of aromatic nitrogens is 3. The van der Waals surface area contributed by atoms with Crippen molar-refractivity contribution in [2.75, 3.05) is 6.54 Å². The molecule has 1 fully saturated rings. The Morgan fingerprint density at radius 1 is 1.52 bits per heavy atom. The van der Waals surface area contributed by atoms with Gasteiger partial charge in [-0.2, -0.15) is 0 Å². The summed E-state index contributed by atoms with van der Waals surface area (Å²) in [7, 11) is 0. The van der Waals surface area contributed by atoms with Crippen LogP contribution in [0.15, 0.2) is 6.20 Å². The van der Waals surface area contributed by atoms with E-state index in [0.717, 1.165) is 12.8 Å². The number of hydrogen-bond donors (Lipinski definition) is 1. The number of ether oxygens (including phenoxy) is 1. The quantitative estimate of drug-likeness (QED) is 0.832. The Morgan fingerprint density at radius 3 is 2.88 bits per heavy atom. The Labute approximate surface area is 147 Å². The molecule has 1 saturated heterocycles. The van der Waals surface area contributed by atoms with Crippen molar-refractivity contribution in [2.24, 2.45) is 0 Å². The summed E-state index contributed by atoms with van der Waals surface area (Å²) in [6.07, 6.45) is 8.25. The van der Waals surface area contributed by atoms with Gasteiger partial charge in [-0.15, -0.1) is 11.5 Å². The maximum absolute atomic E-state index is 12.3. The largest absolute Gasteiger partial charge is 0.444 e. The first kappa shape index (κ1) is 18.8. The molecule has 1 aliphatic heterocycles. The highest BCUT2D eigenvalue weighted by Crippen LogP contribution is 2.21. The van der Waals surface area contributed by atoms with Gasteiger partial charge in [0.25, 0.3) is 5.91 Å². The number of terminal acetylenes is 1. The van der Waals surface area contributed by atoms with Gasteiger partial charge in [-0.25, -0.2) is 9.48 Å². The van der Waals surface area contributed by atoms with Gasteiger partial charge in [0.1, 0.15) is 5.60 Å². The highest BCUT2D eigenvalue weighted by atomic mass is 16.6. The molecule has 8 heteroatoms. The molecule has 2 unspecified atom stereocenters. The Morgan fingerprint density at radius 2 is 2.24 bits per heavy atom. The standard InChI is InChI=1S/C17H25N5O3/c1-6-12(2)18-15(23)14-11-21(20-19-14)10-13-8-7-9-22(13)16(24)25-17(3,4)5/h1,11-13H,7-10H2,2-5H3,(H,18,23). The van der Waals surface area contributed by atoms with E-state index in [2.05, 4.69) is 21.5 Å². The van der Waals surface area contributed by atoms with E-state index in [0.29, 0.717) is 13.1 Å². The van der Waals surface area contributed by atoms with Crippen LogP contribution in [0.2, 0.25) is 0 Å². The molecular weight excluding hydrogens is 322 g/mol. The zero-order valence-electron chi connectivity index (χ0n) is 15.2. The first-order chi connectivity index (χ1) is 11.7. The predicted molar refractivity (Wildman–Crippen MR) is 91.7 cm³/mol. The molecule has 2 rings (SSSR count). The first-order valence-electron chi connectivity index (χ1n) is 8.36. The average molecular weight is 347 g/mol. The van der Waals surface area contributed by atoms with Crippen molar-refractivity contribution in [1.29, 1.82) is 0 Å². The van der Waals surface area contributed by atoms with E-state index in [1.54, 1.807) is 22.7 Å². The fourth-order valence-electron chi connectivity index (χ4n) is 2.61. The lowest BCUT2D eigenvalue weighted by Crippen LogP contribution is -2.41. The van der Waals surface area contributed by atoms with Crippen LogP contribution in [0.3, 0.4) is 0 Å². The number of amides is 2. The van der Waals surface area contributed by atoms with Crippen LogP contribution in [-0.4, -0.2) is 56.1 Å². The van der Waals surface area contributed by atoms with Crippen molar-refractivity contribution >= 4 is 12.0 Å². The molecule has 1 N–H and O–H groups in total. The minimum absolute atomic E-state index is 0.0305. The summed E-state index contributed by atoms with van der Waals surface area (Å²) in [4.78, 5) is 26.0. The van der Waals surface area contributed by atoms with Crippen LogP contribution >= 0.6 is 0 Å². The zero-order valence-corrected chi connectivity index (χ0v) is 15.2. The number of nitrogens with zero attached hydrogens (tertiary/aromatic N) is 4. The van der Waals surface area contributed by atoms with Gasteiger partial charge in [-0.3, -0.25) is 4.79 Å². The fourth-order valence-corrected chi connectivity index (χ4v) is 2.61. The Hall–Kier alpha value is -2.56. The van der Waals surface area contributed by atoms with Crippen LogP contribution in [0.25, 0.3) is 0 Å². The molecule has 1 aromatic heterocycles. The molecule has 136 valence electrons. The third-order valence-electron chi connectivity index (χ3n) is 3.77. The van der Waals surface area contributed by atoms with Crippen molar-refractivity contribution in [3.05, 3.63) is 11.9 Å². The van der Waals surface area contributed by atoms with Gasteiger partial charge in [0.15, 0.2) is 5.69 Å². The van der Waals surface area contributed by atoms with Gasteiger partial charge >= 0.3 is 6.09 Å². The summed E-state index contributed by atoms with van der Waals surface area (Å²) in [6.45, 7) is 8.35. The lowest BCUT2D eigenvalue weighted by atomic mass is 10.2. The summed E-state index contributed by atoms with van der Waals surface area (Å²) < 4.78 is 7.02. The highest BCUT2D eigenvalue weighted by molar-refractivity contribution is 5.92. The first-order valence-corrected chi connectivity index (χ1v) is 8.36. The molecule has 0 spiro atoms. The molecule has 8 nitrogen and oxygen atoms in total. The normalized spacial score (nSPS) is 18.5. The number of likely N-dealkylation sites (tertiary alicyclic amines) is 1. The second-order valence-corrected chi connectivity index (χ2v) is 7.16. The van der Waals surface area contributed by atoms with Gasteiger partial charge in [-0.05, 0) is 40.5 Å². The summed E-state index contributed by atoms with van der Waals surface area (Å²) in [5.74, 6) is 2.05. The minimum atomic E-state index is -0.531. The van der Waals surface area contributed by atoms with Gasteiger partial charge in [-0.1, -0.05) is 11.1 Å². The molecule has 2 amide bonds. The smallest absolute Gasteiger partial charge is 0.410 e. The topological polar surface area (TPSA) is 89.4 Å². The van der Waals surface area contributed by atoms with Crippen LogP contribution in [0.5, 0.6) is 0 Å². The van der Waals surface area contributed by atoms with Gasteiger partial charge in [0.05, 0.1) is 24.8 Å². The molecule has 0 aromatic carbocycles. The summed E-state index contributed by atoms with van der Waals surface area (Å²) >= 11 is 0. The van der Waals surface area contributed by atoms with E-state index in [9.17, 15) is 9.59 Å². The molecule has 1 aromatic rings. The van der Waals surface area contributed by atoms with E-state index in [1.807, 2.05) is 20.8 Å². The minimum Gasteiger partial charge on any atom is -0.444 e. The van der Waals surface area contributed by atoms with Gasteiger partial charge in [0.2, 0.25) is 0 Å². The maximum atomic E-state index is 12.3. The van der Waals surface area contributed by atoms with Gasteiger partial charge < -0.3 is 15.0 Å². The van der Waals surface area contributed by atoms with Crippen molar-refractivity contribution < 1.29 is 14.3 Å². The van der Waals surface area contributed by atoms with E-state index < -0.39 is 5.60 Å². The van der Waals surface area contributed by atoms with Crippen LogP contribution in [-0.2, 0) is 11.3 Å². The van der Waals surface area contributed by atoms with E-state index in [1.165, 1.54) is 0 Å². The predicted octanol–water partition coefficient (Wildman–Crippen LogP) is 1.43. The van der Waals surface area contributed by atoms with E-state index >= 15 is 0 Å². The number of carbonyl (C=O) groups excluding carboxylic acids is 2. The Bertz CT molecular complexity index is 671. The van der Waals surface area contributed by atoms with E-state index in [4.69, 9.17) is 11.2 Å². The number of hydrogen-bond acceptors (Lipinski definition) is 5. The molecule has 0 aliphatic carbocycles. The molecule has 0 saturated carbocycles. The van der Waals surface area contributed by atoms with Gasteiger partial charge in [0, 0.05) is 6.54 Å². The van der Waals surface area contributed by atoms with Crippen LogP contribution in [0, 0.1) is 12.3 Å². The second-order valence-electron chi connectivity index (χ2n) is 7.16. The second kappa shape index (κ2) is 7.55. The third-order valence-corrected chi connectivity index (χ3v) is 3.77. The van der Waals surface area contributed by atoms with Crippen molar-refractivity contribution in [1.82, 2.24) is 25.2 Å². The third kappa shape index (κ3) is 5.21. The highest BCUT2D eigenvalue weighted by Gasteiger charge is 2.32. The van der Waals surface area contributed by atoms with Crippen molar-refractivity contribution in [3.63, 3.8) is 0 Å². The molecule has 0 radical (unpaired) electrons.